The molecule has 1 saturated heterocycles. The monoisotopic (exact) mass is 221 g/mol. The Labute approximate surface area is 86.3 Å². The molecule has 1 unspecified atom stereocenters. The third kappa shape index (κ3) is 2.64. The number of aliphatic hydroxyl groups is 4. The molecule has 5 N–H and O–H groups in total. The van der Waals surface area contributed by atoms with E-state index in [2.05, 4.69) is 5.32 Å². The second kappa shape index (κ2) is 4.86. The van der Waals surface area contributed by atoms with Crippen LogP contribution in [0, 0.1) is 0 Å². The number of ether oxygens (including phenoxy) is 1. The van der Waals surface area contributed by atoms with Crippen LogP contribution in [-0.4, -0.2) is 63.6 Å². The van der Waals surface area contributed by atoms with E-state index in [-0.39, 0.29) is 0 Å². The molecule has 1 aliphatic heterocycles. The predicted molar refractivity (Wildman–Crippen MR) is 47.6 cm³/mol. The van der Waals surface area contributed by atoms with Gasteiger partial charge in [-0.3, -0.25) is 4.79 Å². The number of carbonyl (C=O) groups excluding carboxylic acids is 1. The number of rotatable bonds is 2. The number of amides is 1. The van der Waals surface area contributed by atoms with Crippen molar-refractivity contribution >= 4 is 5.91 Å². The SMILES string of the molecule is CC(=O)N[C@@H]1[C@H](O)[C@H](O)C(CO)O[C@H]1O. The molecular formula is C8H15NO6. The fraction of sp³-hybridized carbons (Fsp3) is 0.875. The average Bonchev–Trinajstić information content (AvgIpc) is 2.18. The van der Waals surface area contributed by atoms with Crippen molar-refractivity contribution in [1.29, 1.82) is 0 Å². The summed E-state index contributed by atoms with van der Waals surface area (Å²) in [6, 6.07) is -1.10. The molecule has 1 aliphatic rings. The highest BCUT2D eigenvalue weighted by atomic mass is 16.6. The van der Waals surface area contributed by atoms with Crippen LogP contribution >= 0.6 is 0 Å². The molecule has 0 saturated carbocycles. The first kappa shape index (κ1) is 12.3. The van der Waals surface area contributed by atoms with Crippen LogP contribution in [0.1, 0.15) is 6.92 Å². The highest BCUT2D eigenvalue weighted by molar-refractivity contribution is 5.73. The van der Waals surface area contributed by atoms with Gasteiger partial charge in [0.25, 0.3) is 0 Å². The van der Waals surface area contributed by atoms with E-state index in [1.807, 2.05) is 0 Å². The fourth-order valence-corrected chi connectivity index (χ4v) is 1.49. The van der Waals surface area contributed by atoms with E-state index in [1.54, 1.807) is 0 Å². The minimum absolute atomic E-state index is 0.462. The quantitative estimate of drug-likeness (QED) is 0.337. The molecule has 0 aromatic rings. The highest BCUT2D eigenvalue weighted by Crippen LogP contribution is 2.19. The first-order valence-corrected chi connectivity index (χ1v) is 4.55. The largest absolute Gasteiger partial charge is 0.394 e. The van der Waals surface area contributed by atoms with Gasteiger partial charge in [0.2, 0.25) is 5.91 Å². The molecule has 1 heterocycles. The maximum atomic E-state index is 10.7. The Morgan fingerprint density at radius 2 is 1.93 bits per heavy atom. The third-order valence-corrected chi connectivity index (χ3v) is 2.27. The van der Waals surface area contributed by atoms with E-state index < -0.39 is 43.2 Å². The van der Waals surface area contributed by atoms with Gasteiger partial charge in [0.1, 0.15) is 24.4 Å². The zero-order valence-corrected chi connectivity index (χ0v) is 8.20. The molecule has 0 radical (unpaired) electrons. The molecule has 0 aliphatic carbocycles. The van der Waals surface area contributed by atoms with Crippen LogP contribution in [0.3, 0.4) is 0 Å². The zero-order valence-electron chi connectivity index (χ0n) is 8.20. The van der Waals surface area contributed by atoms with Crippen molar-refractivity contribution in [3.63, 3.8) is 0 Å². The normalized spacial score (nSPS) is 41.3. The van der Waals surface area contributed by atoms with Gasteiger partial charge in [-0.1, -0.05) is 0 Å². The van der Waals surface area contributed by atoms with E-state index >= 15 is 0 Å². The number of hydrogen-bond donors (Lipinski definition) is 5. The fourth-order valence-electron chi connectivity index (χ4n) is 1.49. The Bertz CT molecular complexity index is 235. The lowest BCUT2D eigenvalue weighted by molar-refractivity contribution is -0.253. The van der Waals surface area contributed by atoms with Gasteiger partial charge in [-0.2, -0.15) is 0 Å². The maximum Gasteiger partial charge on any atom is 0.217 e. The van der Waals surface area contributed by atoms with E-state index in [0.717, 1.165) is 0 Å². The number of hydrogen-bond acceptors (Lipinski definition) is 6. The molecule has 0 spiro atoms. The van der Waals surface area contributed by atoms with Gasteiger partial charge < -0.3 is 30.5 Å². The van der Waals surface area contributed by atoms with Gasteiger partial charge in [-0.15, -0.1) is 0 Å². The summed E-state index contributed by atoms with van der Waals surface area (Å²) in [5.41, 5.74) is 0. The number of nitrogens with one attached hydrogen (secondary N) is 1. The van der Waals surface area contributed by atoms with Crippen molar-refractivity contribution in [3.05, 3.63) is 0 Å². The van der Waals surface area contributed by atoms with E-state index in [9.17, 15) is 20.1 Å². The van der Waals surface area contributed by atoms with E-state index in [0.29, 0.717) is 0 Å². The lowest BCUT2D eigenvalue weighted by Crippen LogP contribution is -2.63. The summed E-state index contributed by atoms with van der Waals surface area (Å²) in [5, 5.41) is 39.4. The van der Waals surface area contributed by atoms with Crippen LogP contribution in [0.5, 0.6) is 0 Å². The zero-order chi connectivity index (χ0) is 11.6. The topological polar surface area (TPSA) is 119 Å². The molecule has 0 aromatic heterocycles. The molecule has 1 fully saturated rings. The van der Waals surface area contributed by atoms with Crippen molar-refractivity contribution in [2.24, 2.45) is 0 Å². The smallest absolute Gasteiger partial charge is 0.217 e. The van der Waals surface area contributed by atoms with Crippen LogP contribution in [-0.2, 0) is 9.53 Å². The molecule has 7 heteroatoms. The Balaban J connectivity index is 2.70. The summed E-state index contributed by atoms with van der Waals surface area (Å²) in [6.45, 7) is 0.687. The molecule has 0 bridgehead atoms. The summed E-state index contributed by atoms with van der Waals surface area (Å²) >= 11 is 0. The molecule has 1 amide bonds. The second-order valence-electron chi connectivity index (χ2n) is 3.46. The third-order valence-electron chi connectivity index (χ3n) is 2.27. The number of carbonyl (C=O) groups is 1. The Morgan fingerprint density at radius 3 is 2.40 bits per heavy atom. The van der Waals surface area contributed by atoms with Crippen LogP contribution in [0.25, 0.3) is 0 Å². The standard InChI is InChI=1S/C8H15NO6/c1-3(11)9-5-7(13)6(12)4(2-10)15-8(5)14/h4-8,10,12-14H,2H2,1H3,(H,9,11)/t4?,5-,6-,7+,8-/m1/s1. The van der Waals surface area contributed by atoms with Crippen molar-refractivity contribution in [2.75, 3.05) is 6.61 Å². The highest BCUT2D eigenvalue weighted by Gasteiger charge is 2.43. The van der Waals surface area contributed by atoms with Gasteiger partial charge in [0.15, 0.2) is 6.29 Å². The Morgan fingerprint density at radius 1 is 1.33 bits per heavy atom. The summed E-state index contributed by atoms with van der Waals surface area (Å²) in [6.07, 6.45) is -5.24. The molecule has 0 aromatic carbocycles. The maximum absolute atomic E-state index is 10.7. The first-order valence-electron chi connectivity index (χ1n) is 4.55. The van der Waals surface area contributed by atoms with Crippen molar-refractivity contribution < 1.29 is 30.0 Å². The van der Waals surface area contributed by atoms with Gasteiger partial charge in [-0.25, -0.2) is 0 Å². The van der Waals surface area contributed by atoms with E-state index in [4.69, 9.17) is 9.84 Å². The van der Waals surface area contributed by atoms with Gasteiger partial charge in [-0.05, 0) is 0 Å². The molecule has 88 valence electrons. The average molecular weight is 221 g/mol. The van der Waals surface area contributed by atoms with Crippen molar-refractivity contribution in [2.45, 2.75) is 37.6 Å². The summed E-state index contributed by atoms with van der Waals surface area (Å²) < 4.78 is 4.81. The van der Waals surface area contributed by atoms with Crippen molar-refractivity contribution in [1.82, 2.24) is 5.32 Å². The van der Waals surface area contributed by atoms with Gasteiger partial charge in [0.05, 0.1) is 6.61 Å². The van der Waals surface area contributed by atoms with Crippen LogP contribution in [0.2, 0.25) is 0 Å². The first-order chi connectivity index (χ1) is 6.97. The molecule has 15 heavy (non-hydrogen) atoms. The lowest BCUT2D eigenvalue weighted by atomic mass is 9.97. The summed E-state index contributed by atoms with van der Waals surface area (Å²) in [7, 11) is 0. The molecule has 5 atom stereocenters. The number of aliphatic hydroxyl groups excluding tert-OH is 4. The molecule has 7 nitrogen and oxygen atoms in total. The summed E-state index contributed by atoms with van der Waals surface area (Å²) in [4.78, 5) is 10.7. The second-order valence-corrected chi connectivity index (χ2v) is 3.46. The predicted octanol–water partition coefficient (Wildman–Crippen LogP) is -3.08. The molecular weight excluding hydrogens is 206 g/mol. The van der Waals surface area contributed by atoms with Crippen LogP contribution in [0.4, 0.5) is 0 Å². The minimum atomic E-state index is -1.45. The molecule has 1 rings (SSSR count). The van der Waals surface area contributed by atoms with Crippen LogP contribution < -0.4 is 5.32 Å². The summed E-state index contributed by atoms with van der Waals surface area (Å²) in [5.74, 6) is -0.462. The van der Waals surface area contributed by atoms with Crippen LogP contribution in [0.15, 0.2) is 0 Å². The lowest BCUT2D eigenvalue weighted by Gasteiger charge is -2.40. The van der Waals surface area contributed by atoms with Gasteiger partial charge in [0, 0.05) is 6.92 Å². The van der Waals surface area contributed by atoms with Crippen molar-refractivity contribution in [3.8, 4) is 0 Å². The Kier molecular flexibility index (Phi) is 4.00. The Hall–Kier alpha value is -0.730. The minimum Gasteiger partial charge on any atom is -0.394 e. The van der Waals surface area contributed by atoms with E-state index in [1.165, 1.54) is 6.92 Å². The van der Waals surface area contributed by atoms with Gasteiger partial charge >= 0.3 is 0 Å².